The van der Waals surface area contributed by atoms with Crippen LogP contribution >= 0.6 is 11.8 Å². The van der Waals surface area contributed by atoms with Gasteiger partial charge in [0.1, 0.15) is 0 Å². The third-order valence-electron chi connectivity index (χ3n) is 2.65. The second-order valence-corrected chi connectivity index (χ2v) is 5.46. The van der Waals surface area contributed by atoms with Crippen molar-refractivity contribution in [2.45, 2.75) is 31.0 Å². The molecule has 1 aliphatic rings. The zero-order chi connectivity index (χ0) is 13.0. The van der Waals surface area contributed by atoms with E-state index in [4.69, 9.17) is 5.11 Å². The fraction of sp³-hybridized carbons (Fsp3) is 0.800. The Bertz CT molecular complexity index is 407. The second kappa shape index (κ2) is 6.14. The van der Waals surface area contributed by atoms with Crippen LogP contribution in [0.15, 0.2) is 5.16 Å². The monoisotopic (exact) mass is 271 g/mol. The molecular formula is C10H17N5O2S. The third-order valence-corrected chi connectivity index (χ3v) is 3.58. The predicted octanol–water partition coefficient (Wildman–Crippen LogP) is -0.155. The number of carbonyl (C=O) groups excluding carboxylic acids is 1. The Hall–Kier alpha value is -1.15. The highest BCUT2D eigenvalue weighted by Gasteiger charge is 2.28. The van der Waals surface area contributed by atoms with Gasteiger partial charge in [-0.1, -0.05) is 18.7 Å². The molecule has 2 rings (SSSR count). The number of hydrogen-bond donors (Lipinski definition) is 2. The van der Waals surface area contributed by atoms with Crippen LogP contribution in [0.25, 0.3) is 0 Å². The Balaban J connectivity index is 1.73. The molecule has 1 aromatic rings. The van der Waals surface area contributed by atoms with Crippen molar-refractivity contribution >= 4 is 17.7 Å². The molecular weight excluding hydrogens is 254 g/mol. The number of aliphatic hydroxyl groups excluding tert-OH is 1. The number of rotatable bonds is 7. The predicted molar refractivity (Wildman–Crippen MR) is 66.1 cm³/mol. The zero-order valence-electron chi connectivity index (χ0n) is 10.2. The van der Waals surface area contributed by atoms with Crippen LogP contribution in [0.4, 0.5) is 0 Å². The molecule has 0 saturated heterocycles. The van der Waals surface area contributed by atoms with Crippen molar-refractivity contribution < 1.29 is 9.90 Å². The fourth-order valence-electron chi connectivity index (χ4n) is 1.36. The average molecular weight is 271 g/mol. The van der Waals surface area contributed by atoms with Crippen LogP contribution in [0.3, 0.4) is 0 Å². The minimum atomic E-state index is -0.0642. The van der Waals surface area contributed by atoms with Gasteiger partial charge in [-0.05, 0) is 29.2 Å². The molecule has 1 saturated carbocycles. The van der Waals surface area contributed by atoms with Crippen molar-refractivity contribution in [3.05, 3.63) is 0 Å². The summed E-state index contributed by atoms with van der Waals surface area (Å²) < 4.78 is 1.79. The molecule has 0 aromatic carbocycles. The first kappa shape index (κ1) is 13.3. The standard InChI is InChI=1S/C10H17N5O2S/c1-7(5-16)4-11-9(17)6-18-10-12-13-14-15(10)8-2-3-8/h7-8,16H,2-6H2,1H3,(H,11,17). The van der Waals surface area contributed by atoms with E-state index >= 15 is 0 Å². The molecule has 7 nitrogen and oxygen atoms in total. The minimum Gasteiger partial charge on any atom is -0.396 e. The van der Waals surface area contributed by atoms with E-state index in [2.05, 4.69) is 20.8 Å². The quantitative estimate of drug-likeness (QED) is 0.670. The number of hydrogen-bond acceptors (Lipinski definition) is 6. The molecule has 1 aliphatic carbocycles. The third kappa shape index (κ3) is 3.67. The number of carbonyl (C=O) groups is 1. The van der Waals surface area contributed by atoms with Crippen LogP contribution in [0.2, 0.25) is 0 Å². The Kier molecular flexibility index (Phi) is 4.54. The topological polar surface area (TPSA) is 92.9 Å². The fourth-order valence-corrected chi connectivity index (χ4v) is 2.14. The normalized spacial score (nSPS) is 16.6. The first-order valence-corrected chi connectivity index (χ1v) is 6.97. The van der Waals surface area contributed by atoms with Gasteiger partial charge in [0, 0.05) is 13.2 Å². The van der Waals surface area contributed by atoms with Crippen molar-refractivity contribution in [2.75, 3.05) is 18.9 Å². The van der Waals surface area contributed by atoms with Crippen LogP contribution in [0.5, 0.6) is 0 Å². The van der Waals surface area contributed by atoms with Crippen LogP contribution in [0.1, 0.15) is 25.8 Å². The van der Waals surface area contributed by atoms with Crippen molar-refractivity contribution in [1.29, 1.82) is 0 Å². The lowest BCUT2D eigenvalue weighted by Crippen LogP contribution is -2.30. The summed E-state index contributed by atoms with van der Waals surface area (Å²) in [5.41, 5.74) is 0. The van der Waals surface area contributed by atoms with Crippen LogP contribution in [-0.4, -0.2) is 50.1 Å². The van der Waals surface area contributed by atoms with Gasteiger partial charge in [-0.2, -0.15) is 0 Å². The van der Waals surface area contributed by atoms with Crippen LogP contribution < -0.4 is 5.32 Å². The van der Waals surface area contributed by atoms with Gasteiger partial charge in [0.25, 0.3) is 0 Å². The molecule has 8 heteroatoms. The molecule has 1 unspecified atom stereocenters. The number of nitrogens with zero attached hydrogens (tertiary/aromatic N) is 4. The minimum absolute atomic E-state index is 0.0642. The van der Waals surface area contributed by atoms with E-state index in [1.807, 2.05) is 6.92 Å². The number of thioether (sulfide) groups is 1. The lowest BCUT2D eigenvalue weighted by molar-refractivity contribution is -0.118. The van der Waals surface area contributed by atoms with Gasteiger partial charge in [-0.25, -0.2) is 4.68 Å². The maximum atomic E-state index is 11.6. The summed E-state index contributed by atoms with van der Waals surface area (Å²) >= 11 is 1.34. The van der Waals surface area contributed by atoms with Crippen LogP contribution in [0, 0.1) is 5.92 Å². The summed E-state index contributed by atoms with van der Waals surface area (Å²) in [7, 11) is 0. The van der Waals surface area contributed by atoms with Crippen molar-refractivity contribution in [2.24, 2.45) is 5.92 Å². The average Bonchev–Trinajstić information content (AvgIpc) is 3.12. The van der Waals surface area contributed by atoms with E-state index in [1.54, 1.807) is 4.68 Å². The molecule has 1 heterocycles. The molecule has 1 amide bonds. The Morgan fingerprint density at radius 1 is 1.67 bits per heavy atom. The SMILES string of the molecule is CC(CO)CNC(=O)CSc1nnnn1C1CC1. The van der Waals surface area contributed by atoms with E-state index in [0.29, 0.717) is 23.5 Å². The second-order valence-electron chi connectivity index (χ2n) is 4.52. The number of tetrazole rings is 1. The van der Waals surface area contributed by atoms with Crippen molar-refractivity contribution in [3.63, 3.8) is 0 Å². The van der Waals surface area contributed by atoms with Crippen molar-refractivity contribution in [1.82, 2.24) is 25.5 Å². The van der Waals surface area contributed by atoms with Gasteiger partial charge in [0.05, 0.1) is 11.8 Å². The highest BCUT2D eigenvalue weighted by atomic mass is 32.2. The zero-order valence-corrected chi connectivity index (χ0v) is 11.1. The molecule has 1 atom stereocenters. The number of nitrogens with one attached hydrogen (secondary N) is 1. The molecule has 0 bridgehead atoms. The first-order valence-electron chi connectivity index (χ1n) is 5.99. The molecule has 1 fully saturated rings. The van der Waals surface area contributed by atoms with E-state index in [-0.39, 0.29) is 18.4 Å². The van der Waals surface area contributed by atoms with Gasteiger partial charge in [-0.3, -0.25) is 4.79 Å². The van der Waals surface area contributed by atoms with Crippen LogP contribution in [-0.2, 0) is 4.79 Å². The number of amides is 1. The summed E-state index contributed by atoms with van der Waals surface area (Å²) in [6.45, 7) is 2.44. The van der Waals surface area contributed by atoms with Gasteiger partial charge in [0.2, 0.25) is 11.1 Å². The Morgan fingerprint density at radius 2 is 2.44 bits per heavy atom. The lowest BCUT2D eigenvalue weighted by Gasteiger charge is -2.09. The molecule has 18 heavy (non-hydrogen) atoms. The van der Waals surface area contributed by atoms with E-state index in [0.717, 1.165) is 12.8 Å². The maximum absolute atomic E-state index is 11.6. The Morgan fingerprint density at radius 3 is 3.11 bits per heavy atom. The maximum Gasteiger partial charge on any atom is 0.230 e. The summed E-state index contributed by atoms with van der Waals surface area (Å²) in [4.78, 5) is 11.6. The number of aromatic nitrogens is 4. The van der Waals surface area contributed by atoms with Crippen molar-refractivity contribution in [3.8, 4) is 0 Å². The van der Waals surface area contributed by atoms with Gasteiger partial charge in [0.15, 0.2) is 0 Å². The summed E-state index contributed by atoms with van der Waals surface area (Å²) in [6, 6.07) is 0.417. The van der Waals surface area contributed by atoms with Gasteiger partial charge < -0.3 is 10.4 Å². The summed E-state index contributed by atoms with van der Waals surface area (Å²) in [5.74, 6) is 0.312. The molecule has 2 N–H and O–H groups in total. The molecule has 0 aliphatic heterocycles. The Labute approximate surface area is 109 Å². The molecule has 0 radical (unpaired) electrons. The molecule has 1 aromatic heterocycles. The smallest absolute Gasteiger partial charge is 0.230 e. The molecule has 0 spiro atoms. The van der Waals surface area contributed by atoms with Gasteiger partial charge >= 0.3 is 0 Å². The number of aliphatic hydroxyl groups is 1. The van der Waals surface area contributed by atoms with E-state index in [9.17, 15) is 4.79 Å². The van der Waals surface area contributed by atoms with E-state index in [1.165, 1.54) is 11.8 Å². The summed E-state index contributed by atoms with van der Waals surface area (Å²) in [6.07, 6.45) is 2.22. The highest BCUT2D eigenvalue weighted by Crippen LogP contribution is 2.36. The summed E-state index contributed by atoms with van der Waals surface area (Å²) in [5, 5.41) is 23.8. The van der Waals surface area contributed by atoms with Gasteiger partial charge in [-0.15, -0.1) is 5.10 Å². The van der Waals surface area contributed by atoms with E-state index < -0.39 is 0 Å². The largest absolute Gasteiger partial charge is 0.396 e. The highest BCUT2D eigenvalue weighted by molar-refractivity contribution is 7.99. The lowest BCUT2D eigenvalue weighted by atomic mass is 10.2. The first-order chi connectivity index (χ1) is 8.70. The molecule has 100 valence electrons.